The molecule has 0 bridgehead atoms. The number of benzene rings is 1. The lowest BCUT2D eigenvalue weighted by atomic mass is 9.98. The molecule has 0 amide bonds. The van der Waals surface area contributed by atoms with Crippen molar-refractivity contribution in [2.24, 2.45) is 0 Å². The average Bonchev–Trinajstić information content (AvgIpc) is 2.49. The fraction of sp³-hybridized carbons (Fsp3) is 0.600. The minimum absolute atomic E-state index is 0.166. The van der Waals surface area contributed by atoms with E-state index in [1.807, 2.05) is 0 Å². The topological polar surface area (TPSA) is 44.7 Å². The van der Waals surface area contributed by atoms with Gasteiger partial charge in [0.15, 0.2) is 0 Å². The maximum atomic E-state index is 13.3. The number of methoxy groups -OCH3 is 1. The lowest BCUT2D eigenvalue weighted by molar-refractivity contribution is 0.152. The van der Waals surface area contributed by atoms with Crippen molar-refractivity contribution in [1.29, 1.82) is 0 Å². The molecule has 0 unspecified atom stereocenters. The molecule has 1 aliphatic rings. The summed E-state index contributed by atoms with van der Waals surface area (Å²) in [7, 11) is 1.57. The Morgan fingerprint density at radius 3 is 2.80 bits per heavy atom. The molecule has 0 saturated carbocycles. The van der Waals surface area contributed by atoms with Crippen molar-refractivity contribution in [3.63, 3.8) is 0 Å². The predicted molar refractivity (Wildman–Crippen MR) is 76.5 cm³/mol. The third kappa shape index (κ3) is 3.69. The fourth-order valence-corrected chi connectivity index (χ4v) is 2.77. The van der Waals surface area contributed by atoms with Crippen molar-refractivity contribution in [2.75, 3.05) is 39.9 Å². The third-order valence-corrected chi connectivity index (χ3v) is 3.78. The average molecular weight is 282 g/mol. The van der Waals surface area contributed by atoms with Gasteiger partial charge in [0, 0.05) is 50.5 Å². The Labute approximate surface area is 119 Å². The number of nitrogens with zero attached hydrogens (tertiary/aromatic N) is 1. The van der Waals surface area contributed by atoms with E-state index < -0.39 is 0 Å². The molecule has 0 aliphatic carbocycles. The van der Waals surface area contributed by atoms with Gasteiger partial charge >= 0.3 is 0 Å². The van der Waals surface area contributed by atoms with Crippen LogP contribution in [0.3, 0.4) is 0 Å². The van der Waals surface area contributed by atoms with Gasteiger partial charge in [-0.2, -0.15) is 0 Å². The van der Waals surface area contributed by atoms with Crippen LogP contribution in [0.5, 0.6) is 5.75 Å². The summed E-state index contributed by atoms with van der Waals surface area (Å²) in [6.45, 7) is 4.00. The SMILES string of the molecule is COc1cc(F)ccc1[C@@H](CCCO)N1CCNCC1. The van der Waals surface area contributed by atoms with Crippen molar-refractivity contribution in [3.05, 3.63) is 29.6 Å². The zero-order valence-electron chi connectivity index (χ0n) is 11.9. The summed E-state index contributed by atoms with van der Waals surface area (Å²) >= 11 is 0. The Balaban J connectivity index is 2.24. The Kier molecular flexibility index (Phi) is 5.76. The van der Waals surface area contributed by atoms with Crippen molar-refractivity contribution in [3.8, 4) is 5.75 Å². The molecule has 2 N–H and O–H groups in total. The van der Waals surface area contributed by atoms with E-state index in [0.29, 0.717) is 5.75 Å². The number of halogens is 1. The molecule has 4 nitrogen and oxygen atoms in total. The van der Waals surface area contributed by atoms with Gasteiger partial charge in [0.2, 0.25) is 0 Å². The van der Waals surface area contributed by atoms with Gasteiger partial charge in [-0.15, -0.1) is 0 Å². The first-order chi connectivity index (χ1) is 9.76. The summed E-state index contributed by atoms with van der Waals surface area (Å²) in [5, 5.41) is 12.4. The standard InChI is InChI=1S/C15H23FN2O2/c1-20-15-11-12(16)4-5-13(15)14(3-2-10-19)18-8-6-17-7-9-18/h4-5,11,14,17,19H,2-3,6-10H2,1H3/t14-/m1/s1. The Morgan fingerprint density at radius 2 is 2.15 bits per heavy atom. The number of nitrogens with one attached hydrogen (secondary N) is 1. The number of aliphatic hydroxyl groups is 1. The monoisotopic (exact) mass is 282 g/mol. The van der Waals surface area contributed by atoms with Crippen LogP contribution in [0, 0.1) is 5.82 Å². The van der Waals surface area contributed by atoms with Gasteiger partial charge < -0.3 is 15.2 Å². The quantitative estimate of drug-likeness (QED) is 0.831. The highest BCUT2D eigenvalue weighted by Gasteiger charge is 2.24. The number of hydrogen-bond donors (Lipinski definition) is 2. The van der Waals surface area contributed by atoms with Crippen LogP contribution in [0.2, 0.25) is 0 Å². The van der Waals surface area contributed by atoms with E-state index in [-0.39, 0.29) is 18.5 Å². The van der Waals surface area contributed by atoms with Gasteiger partial charge in [-0.1, -0.05) is 6.07 Å². The maximum Gasteiger partial charge on any atom is 0.126 e. The zero-order valence-corrected chi connectivity index (χ0v) is 11.9. The molecular formula is C15H23FN2O2. The van der Waals surface area contributed by atoms with E-state index in [0.717, 1.165) is 44.6 Å². The largest absolute Gasteiger partial charge is 0.496 e. The van der Waals surface area contributed by atoms with Gasteiger partial charge in [-0.05, 0) is 18.9 Å². The molecule has 1 heterocycles. The first-order valence-corrected chi connectivity index (χ1v) is 7.15. The molecule has 20 heavy (non-hydrogen) atoms. The van der Waals surface area contributed by atoms with Crippen molar-refractivity contribution in [1.82, 2.24) is 10.2 Å². The minimum Gasteiger partial charge on any atom is -0.496 e. The number of hydrogen-bond acceptors (Lipinski definition) is 4. The van der Waals surface area contributed by atoms with E-state index in [9.17, 15) is 4.39 Å². The first-order valence-electron chi connectivity index (χ1n) is 7.15. The second-order valence-corrected chi connectivity index (χ2v) is 5.05. The van der Waals surface area contributed by atoms with Crippen LogP contribution >= 0.6 is 0 Å². The normalized spacial score (nSPS) is 17.9. The fourth-order valence-electron chi connectivity index (χ4n) is 2.77. The third-order valence-electron chi connectivity index (χ3n) is 3.78. The molecule has 1 aliphatic heterocycles. The van der Waals surface area contributed by atoms with Crippen LogP contribution in [0.25, 0.3) is 0 Å². The summed E-state index contributed by atoms with van der Waals surface area (Å²) in [6.07, 6.45) is 1.58. The molecule has 1 aromatic rings. The summed E-state index contributed by atoms with van der Waals surface area (Å²) in [6, 6.07) is 4.88. The number of ether oxygens (including phenoxy) is 1. The highest BCUT2D eigenvalue weighted by molar-refractivity contribution is 5.36. The predicted octanol–water partition coefficient (Wildman–Crippen LogP) is 1.55. The molecule has 1 fully saturated rings. The number of rotatable bonds is 6. The summed E-state index contributed by atoms with van der Waals surface area (Å²) < 4.78 is 18.7. The highest BCUT2D eigenvalue weighted by atomic mass is 19.1. The lowest BCUT2D eigenvalue weighted by Gasteiger charge is -2.35. The van der Waals surface area contributed by atoms with E-state index in [4.69, 9.17) is 9.84 Å². The second kappa shape index (κ2) is 7.57. The molecular weight excluding hydrogens is 259 g/mol. The summed E-state index contributed by atoms with van der Waals surface area (Å²) in [4.78, 5) is 2.38. The molecule has 0 aromatic heterocycles. The maximum absolute atomic E-state index is 13.3. The van der Waals surface area contributed by atoms with Crippen molar-refractivity contribution >= 4 is 0 Å². The molecule has 5 heteroatoms. The van der Waals surface area contributed by atoms with Crippen LogP contribution in [0.15, 0.2) is 18.2 Å². The molecule has 1 aromatic carbocycles. The van der Waals surface area contributed by atoms with Crippen LogP contribution < -0.4 is 10.1 Å². The molecule has 2 rings (SSSR count). The summed E-state index contributed by atoms with van der Waals surface area (Å²) in [5.41, 5.74) is 1.00. The molecule has 0 spiro atoms. The van der Waals surface area contributed by atoms with E-state index in [2.05, 4.69) is 10.2 Å². The van der Waals surface area contributed by atoms with E-state index in [1.165, 1.54) is 12.1 Å². The Morgan fingerprint density at radius 1 is 1.40 bits per heavy atom. The molecule has 1 saturated heterocycles. The molecule has 1 atom stereocenters. The smallest absolute Gasteiger partial charge is 0.126 e. The van der Waals surface area contributed by atoms with Crippen molar-refractivity contribution in [2.45, 2.75) is 18.9 Å². The minimum atomic E-state index is -0.285. The number of aliphatic hydroxyl groups excluding tert-OH is 1. The van der Waals surface area contributed by atoms with E-state index in [1.54, 1.807) is 13.2 Å². The van der Waals surface area contributed by atoms with Gasteiger partial charge in [0.1, 0.15) is 11.6 Å². The van der Waals surface area contributed by atoms with Gasteiger partial charge in [-0.3, -0.25) is 4.90 Å². The molecule has 112 valence electrons. The zero-order chi connectivity index (χ0) is 14.4. The highest BCUT2D eigenvalue weighted by Crippen LogP contribution is 2.33. The molecule has 0 radical (unpaired) electrons. The lowest BCUT2D eigenvalue weighted by Crippen LogP contribution is -2.45. The van der Waals surface area contributed by atoms with Gasteiger partial charge in [0.05, 0.1) is 7.11 Å². The van der Waals surface area contributed by atoms with Crippen LogP contribution in [0.4, 0.5) is 4.39 Å². The first kappa shape index (κ1) is 15.2. The van der Waals surface area contributed by atoms with Gasteiger partial charge in [-0.25, -0.2) is 4.39 Å². The Bertz CT molecular complexity index is 422. The van der Waals surface area contributed by atoms with Crippen LogP contribution in [-0.2, 0) is 0 Å². The van der Waals surface area contributed by atoms with Crippen LogP contribution in [0.1, 0.15) is 24.4 Å². The second-order valence-electron chi connectivity index (χ2n) is 5.05. The van der Waals surface area contributed by atoms with Crippen LogP contribution in [-0.4, -0.2) is 49.9 Å². The summed E-state index contributed by atoms with van der Waals surface area (Å²) in [5.74, 6) is 0.304. The van der Waals surface area contributed by atoms with E-state index >= 15 is 0 Å². The Hall–Kier alpha value is -1.17. The van der Waals surface area contributed by atoms with Gasteiger partial charge in [0.25, 0.3) is 0 Å². The van der Waals surface area contributed by atoms with Crippen molar-refractivity contribution < 1.29 is 14.2 Å². The number of piperazine rings is 1.